The molecule has 23 heavy (non-hydrogen) atoms. The van der Waals surface area contributed by atoms with Crippen LogP contribution in [0.25, 0.3) is 11.3 Å². The van der Waals surface area contributed by atoms with Gasteiger partial charge < -0.3 is 0 Å². The molecule has 10 heteroatoms. The van der Waals surface area contributed by atoms with Gasteiger partial charge in [-0.2, -0.15) is 26.3 Å². The standard InChI is InChI=1S/C13H6F6N2O2/c14-12(15,16)8-3-1-2-7(4-8)11-10(21(22)23)5-9(6-20-11)13(17,18)19/h1-6H. The van der Waals surface area contributed by atoms with Crippen molar-refractivity contribution in [2.75, 3.05) is 0 Å². The molecule has 1 aromatic carbocycles. The quantitative estimate of drug-likeness (QED) is 0.454. The van der Waals surface area contributed by atoms with Gasteiger partial charge in [-0.3, -0.25) is 10.1 Å². The van der Waals surface area contributed by atoms with Crippen LogP contribution in [0.5, 0.6) is 0 Å². The van der Waals surface area contributed by atoms with Crippen molar-refractivity contribution in [2.24, 2.45) is 0 Å². The molecule has 0 aliphatic heterocycles. The van der Waals surface area contributed by atoms with Crippen LogP contribution < -0.4 is 0 Å². The first-order valence-corrected chi connectivity index (χ1v) is 5.89. The summed E-state index contributed by atoms with van der Waals surface area (Å²) in [5.74, 6) is 0. The Kier molecular flexibility index (Phi) is 4.01. The van der Waals surface area contributed by atoms with Crippen LogP contribution in [0.4, 0.5) is 32.0 Å². The van der Waals surface area contributed by atoms with Gasteiger partial charge >= 0.3 is 12.4 Å². The fraction of sp³-hybridized carbons (Fsp3) is 0.154. The lowest BCUT2D eigenvalue weighted by Crippen LogP contribution is -2.08. The van der Waals surface area contributed by atoms with Gasteiger partial charge in [0.15, 0.2) is 0 Å². The maximum atomic E-state index is 12.7. The monoisotopic (exact) mass is 336 g/mol. The lowest BCUT2D eigenvalue weighted by Gasteiger charge is -2.10. The second-order valence-electron chi connectivity index (χ2n) is 4.43. The second-order valence-corrected chi connectivity index (χ2v) is 4.43. The van der Waals surface area contributed by atoms with Crippen LogP contribution in [0.1, 0.15) is 11.1 Å². The fourth-order valence-corrected chi connectivity index (χ4v) is 1.81. The lowest BCUT2D eigenvalue weighted by molar-refractivity contribution is -0.384. The van der Waals surface area contributed by atoms with Crippen LogP contribution >= 0.6 is 0 Å². The van der Waals surface area contributed by atoms with E-state index in [0.29, 0.717) is 12.3 Å². The first-order valence-electron chi connectivity index (χ1n) is 5.89. The van der Waals surface area contributed by atoms with Gasteiger partial charge in [0.1, 0.15) is 5.69 Å². The summed E-state index contributed by atoms with van der Waals surface area (Å²) in [6.45, 7) is 0. The van der Waals surface area contributed by atoms with Crippen LogP contribution in [-0.4, -0.2) is 9.91 Å². The average Bonchev–Trinajstić information content (AvgIpc) is 2.45. The van der Waals surface area contributed by atoms with Crippen molar-refractivity contribution in [1.82, 2.24) is 4.98 Å². The normalized spacial score (nSPS) is 12.3. The number of halogens is 6. The Morgan fingerprint density at radius 2 is 1.57 bits per heavy atom. The molecule has 0 radical (unpaired) electrons. The molecule has 0 amide bonds. The summed E-state index contributed by atoms with van der Waals surface area (Å²) in [6.07, 6.45) is -9.22. The van der Waals surface area contributed by atoms with Gasteiger partial charge in [-0.15, -0.1) is 0 Å². The molecule has 2 rings (SSSR count). The minimum atomic E-state index is -4.86. The molecule has 0 aliphatic rings. The van der Waals surface area contributed by atoms with Gasteiger partial charge in [-0.1, -0.05) is 12.1 Å². The van der Waals surface area contributed by atoms with Crippen LogP contribution in [0.2, 0.25) is 0 Å². The first-order chi connectivity index (χ1) is 10.5. The van der Waals surface area contributed by atoms with Gasteiger partial charge in [-0.05, 0) is 12.1 Å². The highest BCUT2D eigenvalue weighted by Crippen LogP contribution is 2.37. The number of aromatic nitrogens is 1. The Balaban J connectivity index is 2.62. The summed E-state index contributed by atoms with van der Waals surface area (Å²) in [5.41, 5.74) is -4.36. The fourth-order valence-electron chi connectivity index (χ4n) is 1.81. The molecule has 0 aliphatic carbocycles. The number of hydrogen-bond acceptors (Lipinski definition) is 3. The minimum absolute atomic E-state index is 0.239. The van der Waals surface area contributed by atoms with E-state index in [2.05, 4.69) is 4.98 Å². The SMILES string of the molecule is O=[N+]([O-])c1cc(C(F)(F)F)cnc1-c1cccc(C(F)(F)F)c1. The molecule has 2 aromatic rings. The van der Waals surface area contributed by atoms with E-state index >= 15 is 0 Å². The molecule has 0 atom stereocenters. The molecule has 4 nitrogen and oxygen atoms in total. The molecule has 0 saturated carbocycles. The van der Waals surface area contributed by atoms with E-state index in [-0.39, 0.29) is 11.6 Å². The number of nitrogens with zero attached hydrogens (tertiary/aromatic N) is 2. The highest BCUT2D eigenvalue weighted by Gasteiger charge is 2.35. The van der Waals surface area contributed by atoms with Crippen LogP contribution in [0.3, 0.4) is 0 Å². The molecular weight excluding hydrogens is 330 g/mol. The van der Waals surface area contributed by atoms with E-state index in [0.717, 1.165) is 18.2 Å². The summed E-state index contributed by atoms with van der Waals surface area (Å²) in [7, 11) is 0. The van der Waals surface area contributed by atoms with E-state index in [9.17, 15) is 36.5 Å². The molecule has 0 saturated heterocycles. The summed E-state index contributed by atoms with van der Waals surface area (Å²) < 4.78 is 75.7. The number of pyridine rings is 1. The summed E-state index contributed by atoms with van der Waals surface area (Å²) in [6, 6.07) is 3.64. The number of hydrogen-bond donors (Lipinski definition) is 0. The van der Waals surface area contributed by atoms with Crippen molar-refractivity contribution < 1.29 is 31.3 Å². The van der Waals surface area contributed by atoms with Gasteiger partial charge in [0.2, 0.25) is 0 Å². The zero-order valence-corrected chi connectivity index (χ0v) is 10.9. The topological polar surface area (TPSA) is 56.0 Å². The average molecular weight is 336 g/mol. The van der Waals surface area contributed by atoms with Gasteiger partial charge in [0.25, 0.3) is 5.69 Å². The molecule has 0 spiro atoms. The van der Waals surface area contributed by atoms with Crippen LogP contribution in [0.15, 0.2) is 36.5 Å². The van der Waals surface area contributed by atoms with E-state index in [1.807, 2.05) is 0 Å². The zero-order chi connectivity index (χ0) is 17.4. The Morgan fingerprint density at radius 1 is 0.957 bits per heavy atom. The van der Waals surface area contributed by atoms with Crippen LogP contribution in [0, 0.1) is 10.1 Å². The van der Waals surface area contributed by atoms with Crippen molar-refractivity contribution in [3.05, 3.63) is 57.8 Å². The maximum absolute atomic E-state index is 12.7. The Bertz CT molecular complexity index is 755. The molecule has 0 fully saturated rings. The predicted octanol–water partition coefficient (Wildman–Crippen LogP) is 4.69. The Morgan fingerprint density at radius 3 is 2.09 bits per heavy atom. The van der Waals surface area contributed by atoms with Crippen LogP contribution in [-0.2, 0) is 12.4 Å². The van der Waals surface area contributed by atoms with E-state index < -0.39 is 39.8 Å². The summed E-state index contributed by atoms with van der Waals surface area (Å²) >= 11 is 0. The van der Waals surface area contributed by atoms with Gasteiger partial charge in [0, 0.05) is 17.8 Å². The highest BCUT2D eigenvalue weighted by atomic mass is 19.4. The first kappa shape index (κ1) is 16.7. The molecule has 0 unspecified atom stereocenters. The van der Waals surface area contributed by atoms with E-state index in [1.54, 1.807) is 0 Å². The third kappa shape index (κ3) is 3.58. The molecule has 0 N–H and O–H groups in total. The Labute approximate surface area is 124 Å². The predicted molar refractivity (Wildman–Crippen MR) is 66.3 cm³/mol. The number of benzene rings is 1. The lowest BCUT2D eigenvalue weighted by atomic mass is 10.0. The third-order valence-corrected chi connectivity index (χ3v) is 2.85. The van der Waals surface area contributed by atoms with Crippen molar-refractivity contribution in [3.63, 3.8) is 0 Å². The van der Waals surface area contributed by atoms with Crippen molar-refractivity contribution in [1.29, 1.82) is 0 Å². The Hall–Kier alpha value is -2.65. The second kappa shape index (κ2) is 5.52. The molecule has 0 bridgehead atoms. The van der Waals surface area contributed by atoms with E-state index in [4.69, 9.17) is 0 Å². The van der Waals surface area contributed by atoms with E-state index in [1.165, 1.54) is 0 Å². The van der Waals surface area contributed by atoms with Crippen molar-refractivity contribution in [3.8, 4) is 11.3 Å². The molecule has 1 heterocycles. The minimum Gasteiger partial charge on any atom is -0.258 e. The van der Waals surface area contributed by atoms with Gasteiger partial charge in [-0.25, -0.2) is 4.98 Å². The molecular formula is C13H6F6N2O2. The largest absolute Gasteiger partial charge is 0.418 e. The van der Waals surface area contributed by atoms with Crippen molar-refractivity contribution >= 4 is 5.69 Å². The summed E-state index contributed by atoms with van der Waals surface area (Å²) in [4.78, 5) is 13.1. The maximum Gasteiger partial charge on any atom is 0.418 e. The molecule has 1 aromatic heterocycles. The number of nitro groups is 1. The van der Waals surface area contributed by atoms with Gasteiger partial charge in [0.05, 0.1) is 16.1 Å². The van der Waals surface area contributed by atoms with Crippen molar-refractivity contribution in [2.45, 2.75) is 12.4 Å². The number of alkyl halides is 6. The third-order valence-electron chi connectivity index (χ3n) is 2.85. The highest BCUT2D eigenvalue weighted by molar-refractivity contribution is 5.70. The zero-order valence-electron chi connectivity index (χ0n) is 10.9. The molecule has 122 valence electrons. The smallest absolute Gasteiger partial charge is 0.258 e. The summed E-state index contributed by atoms with van der Waals surface area (Å²) in [5, 5.41) is 10.9. The number of rotatable bonds is 2.